The van der Waals surface area contributed by atoms with Gasteiger partial charge < -0.3 is 4.74 Å². The molecule has 36 heavy (non-hydrogen) atoms. The molecule has 0 aliphatic heterocycles. The Balaban J connectivity index is 1.31. The Morgan fingerprint density at radius 3 is 2.67 bits per heavy atom. The second-order valence-electron chi connectivity index (χ2n) is 8.26. The number of nitrogens with zero attached hydrogens (tertiary/aromatic N) is 3. The van der Waals surface area contributed by atoms with Gasteiger partial charge in [-0.25, -0.2) is 10.1 Å². The molecule has 6 nitrogen and oxygen atoms in total. The van der Waals surface area contributed by atoms with Gasteiger partial charge in [0.05, 0.1) is 16.4 Å². The number of carbonyl (C=O) groups is 1. The molecule has 1 aromatic heterocycles. The van der Waals surface area contributed by atoms with Gasteiger partial charge in [0.15, 0.2) is 6.61 Å². The molecule has 0 saturated heterocycles. The molecule has 0 atom stereocenters. The van der Waals surface area contributed by atoms with E-state index in [0.29, 0.717) is 5.75 Å². The van der Waals surface area contributed by atoms with Crippen LogP contribution in [0.25, 0.3) is 27.7 Å². The van der Waals surface area contributed by atoms with Crippen molar-refractivity contribution in [3.05, 3.63) is 113 Å². The second-order valence-corrected chi connectivity index (χ2v) is 9.06. The molecule has 0 saturated carbocycles. The highest BCUT2D eigenvalue weighted by Crippen LogP contribution is 2.33. The van der Waals surface area contributed by atoms with Gasteiger partial charge in [-0.15, -0.1) is 0 Å². The number of fused-ring (bicyclic) bond motifs is 1. The van der Waals surface area contributed by atoms with Crippen molar-refractivity contribution in [1.82, 2.24) is 15.2 Å². The number of aromatic nitrogens is 2. The fourth-order valence-electron chi connectivity index (χ4n) is 3.89. The number of benzene rings is 4. The average Bonchev–Trinajstić information content (AvgIpc) is 3.33. The van der Waals surface area contributed by atoms with Gasteiger partial charge in [0, 0.05) is 17.3 Å². The molecule has 5 aromatic rings. The molecule has 0 spiro atoms. The zero-order valence-corrected chi connectivity index (χ0v) is 21.1. The van der Waals surface area contributed by atoms with Gasteiger partial charge in [0.25, 0.3) is 5.91 Å². The molecule has 0 aliphatic rings. The van der Waals surface area contributed by atoms with Crippen molar-refractivity contribution in [1.29, 1.82) is 0 Å². The lowest BCUT2D eigenvalue weighted by atomic mass is 10.1. The maximum atomic E-state index is 12.4. The van der Waals surface area contributed by atoms with Gasteiger partial charge >= 0.3 is 0 Å². The van der Waals surface area contributed by atoms with Crippen LogP contribution in [0.4, 0.5) is 0 Å². The first kappa shape index (κ1) is 23.5. The van der Waals surface area contributed by atoms with Gasteiger partial charge in [-0.2, -0.15) is 10.2 Å². The fourth-order valence-corrected chi connectivity index (χ4v) is 4.49. The monoisotopic (exact) mass is 538 g/mol. The molecule has 0 radical (unpaired) electrons. The lowest BCUT2D eigenvalue weighted by molar-refractivity contribution is -0.123. The summed E-state index contributed by atoms with van der Waals surface area (Å²) in [6.07, 6.45) is 3.50. The van der Waals surface area contributed by atoms with Crippen molar-refractivity contribution in [2.75, 3.05) is 6.61 Å². The van der Waals surface area contributed by atoms with Gasteiger partial charge in [-0.05, 0) is 57.9 Å². The number of hydrazone groups is 1. The Morgan fingerprint density at radius 1 is 1.03 bits per heavy atom. The van der Waals surface area contributed by atoms with E-state index in [0.717, 1.165) is 43.3 Å². The Labute approximate surface area is 217 Å². The van der Waals surface area contributed by atoms with E-state index in [1.54, 1.807) is 10.9 Å². The van der Waals surface area contributed by atoms with Gasteiger partial charge in [0.2, 0.25) is 0 Å². The summed E-state index contributed by atoms with van der Waals surface area (Å²) in [4.78, 5) is 12.4. The topological polar surface area (TPSA) is 68.5 Å². The normalized spacial score (nSPS) is 11.2. The third-order valence-electron chi connectivity index (χ3n) is 5.63. The number of hydrogen-bond donors (Lipinski definition) is 1. The van der Waals surface area contributed by atoms with E-state index in [1.165, 1.54) is 0 Å². The highest BCUT2D eigenvalue weighted by molar-refractivity contribution is 9.10. The molecule has 0 unspecified atom stereocenters. The first-order chi connectivity index (χ1) is 17.6. The highest BCUT2D eigenvalue weighted by atomic mass is 79.9. The Bertz CT molecular complexity index is 1560. The van der Waals surface area contributed by atoms with Crippen LogP contribution in [0.3, 0.4) is 0 Å². The standard InChI is InChI=1S/C29H23BrN4O2/c1-20-8-7-10-22(16-20)29-23(18-34(33-29)24-11-3-2-4-12-24)17-31-32-27(35)19-36-26-15-14-21-9-5-6-13-25(21)28(26)30/h2-18H,19H2,1H3,(H,32,35)/b31-17+. The van der Waals surface area contributed by atoms with Gasteiger partial charge in [-0.3, -0.25) is 4.79 Å². The molecule has 1 heterocycles. The molecular weight excluding hydrogens is 516 g/mol. The highest BCUT2D eigenvalue weighted by Gasteiger charge is 2.12. The van der Waals surface area contributed by atoms with Crippen LogP contribution in [0, 0.1) is 6.92 Å². The van der Waals surface area contributed by atoms with Crippen LogP contribution in [-0.2, 0) is 4.79 Å². The molecular formula is C29H23BrN4O2. The molecule has 1 amide bonds. The lowest BCUT2D eigenvalue weighted by Gasteiger charge is -2.09. The number of amides is 1. The molecule has 178 valence electrons. The van der Waals surface area contributed by atoms with Crippen LogP contribution in [0.15, 0.2) is 107 Å². The summed E-state index contributed by atoms with van der Waals surface area (Å²) in [6, 6.07) is 29.7. The van der Waals surface area contributed by atoms with E-state index < -0.39 is 0 Å². The van der Waals surface area contributed by atoms with Crippen molar-refractivity contribution in [2.45, 2.75) is 6.92 Å². The summed E-state index contributed by atoms with van der Waals surface area (Å²) in [6.45, 7) is 1.88. The minimum absolute atomic E-state index is 0.164. The van der Waals surface area contributed by atoms with E-state index in [9.17, 15) is 4.79 Å². The Morgan fingerprint density at radius 2 is 1.83 bits per heavy atom. The van der Waals surface area contributed by atoms with Crippen LogP contribution in [0.1, 0.15) is 11.1 Å². The van der Waals surface area contributed by atoms with E-state index in [-0.39, 0.29) is 12.5 Å². The van der Waals surface area contributed by atoms with Crippen LogP contribution >= 0.6 is 15.9 Å². The van der Waals surface area contributed by atoms with Crippen molar-refractivity contribution < 1.29 is 9.53 Å². The van der Waals surface area contributed by atoms with Crippen molar-refractivity contribution >= 4 is 38.8 Å². The average molecular weight is 539 g/mol. The zero-order chi connectivity index (χ0) is 24.9. The number of rotatable bonds is 7. The molecule has 1 N–H and O–H groups in total. The summed E-state index contributed by atoms with van der Waals surface area (Å²) in [5.74, 6) is 0.234. The first-order valence-electron chi connectivity index (χ1n) is 11.4. The summed E-state index contributed by atoms with van der Waals surface area (Å²) in [5.41, 5.74) is 7.15. The number of halogens is 1. The predicted molar refractivity (Wildman–Crippen MR) is 147 cm³/mol. The largest absolute Gasteiger partial charge is 0.483 e. The maximum absolute atomic E-state index is 12.4. The zero-order valence-electron chi connectivity index (χ0n) is 19.6. The van der Waals surface area contributed by atoms with Crippen LogP contribution in [0.5, 0.6) is 5.75 Å². The molecule has 0 bridgehead atoms. The Kier molecular flexibility index (Phi) is 6.91. The lowest BCUT2D eigenvalue weighted by Crippen LogP contribution is -2.24. The minimum Gasteiger partial charge on any atom is -0.483 e. The number of hydrogen-bond acceptors (Lipinski definition) is 4. The molecule has 5 rings (SSSR count). The van der Waals surface area contributed by atoms with Crippen LogP contribution in [-0.4, -0.2) is 28.5 Å². The number of ether oxygens (including phenoxy) is 1. The summed E-state index contributed by atoms with van der Waals surface area (Å²) < 4.78 is 8.35. The van der Waals surface area contributed by atoms with Crippen molar-refractivity contribution in [3.63, 3.8) is 0 Å². The summed E-state index contributed by atoms with van der Waals surface area (Å²) in [7, 11) is 0. The second kappa shape index (κ2) is 10.6. The number of carbonyl (C=O) groups excluding carboxylic acids is 1. The minimum atomic E-state index is -0.362. The van der Waals surface area contributed by atoms with Gasteiger partial charge in [0.1, 0.15) is 11.4 Å². The van der Waals surface area contributed by atoms with E-state index in [2.05, 4.69) is 32.5 Å². The molecule has 0 fully saturated rings. The van der Waals surface area contributed by atoms with Crippen molar-refractivity contribution in [3.8, 4) is 22.7 Å². The maximum Gasteiger partial charge on any atom is 0.277 e. The SMILES string of the molecule is Cc1cccc(-c2nn(-c3ccccc3)cc2/C=N/NC(=O)COc2ccc3ccccc3c2Br)c1. The fraction of sp³-hybridized carbons (Fsp3) is 0.0690. The van der Waals surface area contributed by atoms with Crippen molar-refractivity contribution in [2.24, 2.45) is 5.10 Å². The van der Waals surface area contributed by atoms with Crippen LogP contribution < -0.4 is 10.2 Å². The van der Waals surface area contributed by atoms with E-state index in [1.807, 2.05) is 98.0 Å². The first-order valence-corrected chi connectivity index (χ1v) is 12.2. The Hall–Kier alpha value is -4.23. The molecule has 0 aliphatic carbocycles. The molecule has 7 heteroatoms. The van der Waals surface area contributed by atoms with E-state index in [4.69, 9.17) is 9.84 Å². The third kappa shape index (κ3) is 5.21. The number of aryl methyl sites for hydroxylation is 1. The number of para-hydroxylation sites is 1. The molecule has 4 aromatic carbocycles. The predicted octanol–water partition coefficient (Wildman–Crippen LogP) is 6.29. The summed E-state index contributed by atoms with van der Waals surface area (Å²) in [5, 5.41) is 11.1. The van der Waals surface area contributed by atoms with E-state index >= 15 is 0 Å². The van der Waals surface area contributed by atoms with Crippen LogP contribution in [0.2, 0.25) is 0 Å². The van der Waals surface area contributed by atoms with Gasteiger partial charge in [-0.1, -0.05) is 72.3 Å². The third-order valence-corrected chi connectivity index (χ3v) is 6.45. The summed E-state index contributed by atoms with van der Waals surface area (Å²) >= 11 is 3.58. The smallest absolute Gasteiger partial charge is 0.277 e. The number of nitrogens with one attached hydrogen (secondary N) is 1. The quantitative estimate of drug-likeness (QED) is 0.195.